The molecule has 14 heavy (non-hydrogen) atoms. The van der Waals surface area contributed by atoms with Gasteiger partial charge in [0.2, 0.25) is 0 Å². The Morgan fingerprint density at radius 3 is 2.71 bits per heavy atom. The number of carboxylic acid groups (broad SMARTS) is 1. The predicted molar refractivity (Wildman–Crippen MR) is 52.2 cm³/mol. The van der Waals surface area contributed by atoms with Crippen LogP contribution in [-0.2, 0) is 9.53 Å². The van der Waals surface area contributed by atoms with Gasteiger partial charge in [0, 0.05) is 19.8 Å². The molecule has 0 spiro atoms. The Hall–Kier alpha value is -0.650. The van der Waals surface area contributed by atoms with Crippen LogP contribution in [0.4, 0.5) is 0 Å². The van der Waals surface area contributed by atoms with Crippen molar-refractivity contribution in [3.05, 3.63) is 0 Å². The second-order valence-electron chi connectivity index (χ2n) is 3.31. The summed E-state index contributed by atoms with van der Waals surface area (Å²) in [6.07, 6.45) is 0.809. The molecule has 0 aromatic carbocycles. The maximum absolute atomic E-state index is 10.5. The van der Waals surface area contributed by atoms with Gasteiger partial charge in [-0.3, -0.25) is 0 Å². The van der Waals surface area contributed by atoms with Gasteiger partial charge in [-0.15, -0.1) is 0 Å². The third kappa shape index (κ3) is 5.90. The quantitative estimate of drug-likeness (QED) is 0.480. The number of aliphatic hydroxyl groups is 1. The molecule has 0 aliphatic carbocycles. The number of carboxylic acids is 1. The van der Waals surface area contributed by atoms with Crippen molar-refractivity contribution in [1.82, 2.24) is 5.32 Å². The molecule has 0 amide bonds. The highest BCUT2D eigenvalue weighted by molar-refractivity contribution is 5.76. The van der Waals surface area contributed by atoms with Crippen molar-refractivity contribution < 1.29 is 19.7 Å². The lowest BCUT2D eigenvalue weighted by atomic mass is 10.1. The van der Waals surface area contributed by atoms with Crippen molar-refractivity contribution >= 4 is 5.97 Å². The summed E-state index contributed by atoms with van der Waals surface area (Å²) in [6.45, 7) is 5.22. The molecule has 0 aliphatic rings. The van der Waals surface area contributed by atoms with Gasteiger partial charge in [0.25, 0.3) is 0 Å². The van der Waals surface area contributed by atoms with Crippen LogP contribution in [0.2, 0.25) is 0 Å². The van der Waals surface area contributed by atoms with E-state index in [1.54, 1.807) is 0 Å². The lowest BCUT2D eigenvalue weighted by Gasteiger charge is -2.18. The van der Waals surface area contributed by atoms with E-state index < -0.39 is 11.6 Å². The number of hydrogen-bond acceptors (Lipinski definition) is 4. The lowest BCUT2D eigenvalue weighted by Crippen LogP contribution is -2.45. The summed E-state index contributed by atoms with van der Waals surface area (Å²) < 4.78 is 5.09. The number of aliphatic carboxylic acids is 1. The summed E-state index contributed by atoms with van der Waals surface area (Å²) in [6, 6.07) is 0. The summed E-state index contributed by atoms with van der Waals surface area (Å²) in [7, 11) is 0. The first kappa shape index (κ1) is 13.4. The van der Waals surface area contributed by atoms with E-state index >= 15 is 0 Å². The van der Waals surface area contributed by atoms with Gasteiger partial charge in [-0.2, -0.15) is 0 Å². The minimum Gasteiger partial charge on any atom is -0.479 e. The molecule has 0 saturated carbocycles. The Morgan fingerprint density at radius 2 is 2.21 bits per heavy atom. The first-order valence-electron chi connectivity index (χ1n) is 4.75. The Kier molecular flexibility index (Phi) is 6.44. The fourth-order valence-corrected chi connectivity index (χ4v) is 0.851. The summed E-state index contributed by atoms with van der Waals surface area (Å²) in [5.41, 5.74) is -1.69. The van der Waals surface area contributed by atoms with Crippen molar-refractivity contribution in [3.8, 4) is 0 Å². The minimum atomic E-state index is -1.69. The number of nitrogens with one attached hydrogen (secondary N) is 1. The largest absolute Gasteiger partial charge is 0.479 e. The molecule has 0 aromatic rings. The van der Waals surface area contributed by atoms with E-state index in [9.17, 15) is 9.90 Å². The van der Waals surface area contributed by atoms with Gasteiger partial charge in [0.15, 0.2) is 5.60 Å². The van der Waals surface area contributed by atoms with E-state index in [0.29, 0.717) is 19.8 Å². The van der Waals surface area contributed by atoms with E-state index in [1.807, 2.05) is 6.92 Å². The highest BCUT2D eigenvalue weighted by Crippen LogP contribution is 2.00. The van der Waals surface area contributed by atoms with Crippen molar-refractivity contribution in [2.75, 3.05) is 26.3 Å². The van der Waals surface area contributed by atoms with Crippen LogP contribution in [-0.4, -0.2) is 48.1 Å². The van der Waals surface area contributed by atoms with Gasteiger partial charge in [0.05, 0.1) is 0 Å². The van der Waals surface area contributed by atoms with Crippen LogP contribution >= 0.6 is 0 Å². The highest BCUT2D eigenvalue weighted by atomic mass is 16.5. The maximum Gasteiger partial charge on any atom is 0.336 e. The van der Waals surface area contributed by atoms with Gasteiger partial charge < -0.3 is 20.3 Å². The molecule has 3 N–H and O–H groups in total. The first-order chi connectivity index (χ1) is 6.50. The van der Waals surface area contributed by atoms with Gasteiger partial charge in [-0.1, -0.05) is 0 Å². The number of ether oxygens (including phenoxy) is 1. The molecular formula is C9H19NO4. The average Bonchev–Trinajstić information content (AvgIpc) is 2.10. The fraction of sp³-hybridized carbons (Fsp3) is 0.889. The summed E-state index contributed by atoms with van der Waals surface area (Å²) >= 11 is 0. The Balaban J connectivity index is 3.40. The van der Waals surface area contributed by atoms with Gasteiger partial charge >= 0.3 is 5.97 Å². The van der Waals surface area contributed by atoms with Crippen LogP contribution in [0.3, 0.4) is 0 Å². The van der Waals surface area contributed by atoms with Crippen LogP contribution in [0.15, 0.2) is 0 Å². The molecule has 0 fully saturated rings. The summed E-state index contributed by atoms with van der Waals surface area (Å²) in [5, 5.41) is 20.7. The fourth-order valence-electron chi connectivity index (χ4n) is 0.851. The number of hydrogen-bond donors (Lipinski definition) is 3. The highest BCUT2D eigenvalue weighted by Gasteiger charge is 2.28. The zero-order chi connectivity index (χ0) is 11.0. The van der Waals surface area contributed by atoms with Crippen LogP contribution in [0, 0.1) is 0 Å². The van der Waals surface area contributed by atoms with Crippen molar-refractivity contribution in [1.29, 1.82) is 0 Å². The zero-order valence-corrected chi connectivity index (χ0v) is 8.75. The third-order valence-corrected chi connectivity index (χ3v) is 1.78. The van der Waals surface area contributed by atoms with Gasteiger partial charge in [-0.25, -0.2) is 4.79 Å². The van der Waals surface area contributed by atoms with E-state index in [4.69, 9.17) is 9.84 Å². The minimum absolute atomic E-state index is 0.0501. The Bertz CT molecular complexity index is 170. The van der Waals surface area contributed by atoms with E-state index in [2.05, 4.69) is 5.32 Å². The van der Waals surface area contributed by atoms with Crippen molar-refractivity contribution in [2.24, 2.45) is 0 Å². The van der Waals surface area contributed by atoms with Crippen LogP contribution in [0.1, 0.15) is 20.3 Å². The molecule has 0 aromatic heterocycles. The van der Waals surface area contributed by atoms with E-state index in [0.717, 1.165) is 6.42 Å². The lowest BCUT2D eigenvalue weighted by molar-refractivity contribution is -0.156. The van der Waals surface area contributed by atoms with Crippen LogP contribution in [0.25, 0.3) is 0 Å². The molecule has 0 heterocycles. The second-order valence-corrected chi connectivity index (χ2v) is 3.31. The SMILES string of the molecule is CCOCCCNCC(C)(O)C(=O)O. The molecular weight excluding hydrogens is 186 g/mol. The van der Waals surface area contributed by atoms with Crippen molar-refractivity contribution in [2.45, 2.75) is 25.9 Å². The van der Waals surface area contributed by atoms with E-state index in [-0.39, 0.29) is 6.54 Å². The maximum atomic E-state index is 10.5. The molecule has 0 rings (SSSR count). The average molecular weight is 205 g/mol. The normalized spacial score (nSPS) is 15.1. The molecule has 0 saturated heterocycles. The molecule has 1 atom stereocenters. The Morgan fingerprint density at radius 1 is 1.57 bits per heavy atom. The molecule has 84 valence electrons. The topological polar surface area (TPSA) is 78.8 Å². The number of rotatable bonds is 8. The molecule has 5 heteroatoms. The van der Waals surface area contributed by atoms with E-state index in [1.165, 1.54) is 6.92 Å². The zero-order valence-electron chi connectivity index (χ0n) is 8.75. The smallest absolute Gasteiger partial charge is 0.336 e. The standard InChI is InChI=1S/C9H19NO4/c1-3-14-6-4-5-10-7-9(2,13)8(11)12/h10,13H,3-7H2,1-2H3,(H,11,12). The van der Waals surface area contributed by atoms with Crippen molar-refractivity contribution in [3.63, 3.8) is 0 Å². The van der Waals surface area contributed by atoms with Gasteiger partial charge in [0.1, 0.15) is 0 Å². The molecule has 0 aliphatic heterocycles. The molecule has 5 nitrogen and oxygen atoms in total. The molecule has 1 unspecified atom stereocenters. The van der Waals surface area contributed by atoms with Crippen LogP contribution < -0.4 is 5.32 Å². The van der Waals surface area contributed by atoms with Crippen LogP contribution in [0.5, 0.6) is 0 Å². The van der Waals surface area contributed by atoms with Gasteiger partial charge in [-0.05, 0) is 26.8 Å². The number of carbonyl (C=O) groups is 1. The third-order valence-electron chi connectivity index (χ3n) is 1.78. The summed E-state index contributed by atoms with van der Waals surface area (Å²) in [4.78, 5) is 10.5. The predicted octanol–water partition coefficient (Wildman–Crippen LogP) is -0.162. The summed E-state index contributed by atoms with van der Waals surface area (Å²) in [5.74, 6) is -1.21. The second kappa shape index (κ2) is 6.75. The Labute approximate surface area is 84.1 Å². The molecule has 0 bridgehead atoms. The monoisotopic (exact) mass is 205 g/mol. The first-order valence-corrected chi connectivity index (χ1v) is 4.75. The molecule has 0 radical (unpaired) electrons.